The molecule has 2 fully saturated rings. The molecule has 2 amide bonds. The number of imide groups is 1. The fourth-order valence-electron chi connectivity index (χ4n) is 3.29. The van der Waals surface area contributed by atoms with Crippen LogP contribution < -0.4 is 10.6 Å². The van der Waals surface area contributed by atoms with Gasteiger partial charge < -0.3 is 10.1 Å². The number of hydrogen-bond donors (Lipinski definition) is 2. The van der Waals surface area contributed by atoms with E-state index in [1.54, 1.807) is 7.11 Å². The van der Waals surface area contributed by atoms with Crippen LogP contribution in [0.15, 0.2) is 0 Å². The van der Waals surface area contributed by atoms with E-state index in [4.69, 9.17) is 4.74 Å². The van der Waals surface area contributed by atoms with Crippen LogP contribution in [0.5, 0.6) is 0 Å². The van der Waals surface area contributed by atoms with Crippen molar-refractivity contribution in [1.82, 2.24) is 10.6 Å². The second kappa shape index (κ2) is 6.68. The molecule has 5 heteroatoms. The number of hydrogen-bond acceptors (Lipinski definition) is 4. The van der Waals surface area contributed by atoms with Gasteiger partial charge in [0.2, 0.25) is 11.8 Å². The van der Waals surface area contributed by atoms with E-state index in [-0.39, 0.29) is 29.1 Å². The Balaban J connectivity index is 1.81. The topological polar surface area (TPSA) is 67.4 Å². The summed E-state index contributed by atoms with van der Waals surface area (Å²) in [6.45, 7) is 4.50. The van der Waals surface area contributed by atoms with Crippen LogP contribution in [-0.4, -0.2) is 38.6 Å². The third-order valence-corrected chi connectivity index (χ3v) is 4.89. The maximum absolute atomic E-state index is 12.2. The fourth-order valence-corrected chi connectivity index (χ4v) is 3.29. The lowest BCUT2D eigenvalue weighted by atomic mass is 9.91. The molecule has 0 radical (unpaired) electrons. The average molecular weight is 282 g/mol. The summed E-state index contributed by atoms with van der Waals surface area (Å²) in [5, 5.41) is 5.94. The van der Waals surface area contributed by atoms with Crippen LogP contribution in [0.1, 0.15) is 39.0 Å². The van der Waals surface area contributed by atoms with Gasteiger partial charge in [-0.2, -0.15) is 0 Å². The van der Waals surface area contributed by atoms with E-state index in [1.807, 2.05) is 6.92 Å². The van der Waals surface area contributed by atoms with Crippen LogP contribution in [0.25, 0.3) is 0 Å². The quantitative estimate of drug-likeness (QED) is 0.765. The minimum Gasteiger partial charge on any atom is -0.385 e. The van der Waals surface area contributed by atoms with E-state index in [9.17, 15) is 9.59 Å². The molecule has 1 aliphatic carbocycles. The minimum absolute atomic E-state index is 0.0495. The zero-order chi connectivity index (χ0) is 14.6. The van der Waals surface area contributed by atoms with Crippen LogP contribution in [0.2, 0.25) is 0 Å². The molecule has 20 heavy (non-hydrogen) atoms. The van der Waals surface area contributed by atoms with Gasteiger partial charge in [0, 0.05) is 25.6 Å². The van der Waals surface area contributed by atoms with Crippen molar-refractivity contribution in [3.05, 3.63) is 0 Å². The fraction of sp³-hybridized carbons (Fsp3) is 0.867. The van der Waals surface area contributed by atoms with Crippen LogP contribution in [-0.2, 0) is 14.3 Å². The van der Waals surface area contributed by atoms with Crippen molar-refractivity contribution in [2.45, 2.75) is 39.0 Å². The molecule has 2 unspecified atom stereocenters. The Morgan fingerprint density at radius 2 is 2.10 bits per heavy atom. The number of ether oxygens (including phenoxy) is 1. The molecule has 1 heterocycles. The molecule has 2 aliphatic rings. The summed E-state index contributed by atoms with van der Waals surface area (Å²) in [6.07, 6.45) is 4.47. The van der Waals surface area contributed by atoms with Gasteiger partial charge in [-0.25, -0.2) is 0 Å². The predicted octanol–water partition coefficient (Wildman–Crippen LogP) is 1.08. The van der Waals surface area contributed by atoms with Crippen molar-refractivity contribution in [3.63, 3.8) is 0 Å². The van der Waals surface area contributed by atoms with Crippen molar-refractivity contribution in [2.75, 3.05) is 26.8 Å². The van der Waals surface area contributed by atoms with Crippen molar-refractivity contribution in [3.8, 4) is 0 Å². The molecule has 0 aromatic carbocycles. The number of rotatable bonds is 6. The van der Waals surface area contributed by atoms with Gasteiger partial charge >= 0.3 is 0 Å². The normalized spacial score (nSPS) is 25.2. The number of methoxy groups -OCH3 is 1. The van der Waals surface area contributed by atoms with Crippen molar-refractivity contribution in [1.29, 1.82) is 0 Å². The molecule has 114 valence electrons. The summed E-state index contributed by atoms with van der Waals surface area (Å²) in [6, 6.07) is 0. The molecular weight excluding hydrogens is 256 g/mol. The maximum atomic E-state index is 12.2. The van der Waals surface area contributed by atoms with E-state index in [1.165, 1.54) is 0 Å². The standard InChI is InChI=1S/C15H26N2O3/c1-3-11(4-9-20-2)13(18)17-14(19)12-10-15(12)5-7-16-8-6-15/h11-12,16H,3-10H2,1-2H3,(H,17,18,19). The van der Waals surface area contributed by atoms with Gasteiger partial charge in [0.15, 0.2) is 0 Å². The first-order valence-corrected chi connectivity index (χ1v) is 7.67. The Bertz CT molecular complexity index is 364. The molecule has 1 saturated heterocycles. The number of carbonyl (C=O) groups is 2. The van der Waals surface area contributed by atoms with Gasteiger partial charge in [-0.3, -0.25) is 14.9 Å². The summed E-state index contributed by atoms with van der Waals surface area (Å²) in [5.41, 5.74) is 0.184. The number of amides is 2. The molecule has 2 rings (SSSR count). The first kappa shape index (κ1) is 15.4. The number of nitrogens with one attached hydrogen (secondary N) is 2. The van der Waals surface area contributed by atoms with Gasteiger partial charge in [-0.1, -0.05) is 6.92 Å². The molecule has 0 aromatic heterocycles. The highest BCUT2D eigenvalue weighted by Crippen LogP contribution is 2.58. The smallest absolute Gasteiger partial charge is 0.230 e. The molecule has 1 spiro atoms. The zero-order valence-electron chi connectivity index (χ0n) is 12.5. The van der Waals surface area contributed by atoms with Gasteiger partial charge in [0.05, 0.1) is 0 Å². The predicted molar refractivity (Wildman–Crippen MR) is 76.1 cm³/mol. The summed E-state index contributed by atoms with van der Waals surface area (Å²) in [7, 11) is 1.63. The third-order valence-electron chi connectivity index (χ3n) is 4.89. The monoisotopic (exact) mass is 282 g/mol. The lowest BCUT2D eigenvalue weighted by Gasteiger charge is -2.23. The minimum atomic E-state index is -0.134. The Morgan fingerprint density at radius 3 is 2.70 bits per heavy atom. The van der Waals surface area contributed by atoms with E-state index >= 15 is 0 Å². The second-order valence-corrected chi connectivity index (χ2v) is 6.11. The first-order valence-electron chi connectivity index (χ1n) is 7.67. The van der Waals surface area contributed by atoms with Gasteiger partial charge in [-0.05, 0) is 50.6 Å². The molecule has 0 bridgehead atoms. The summed E-state index contributed by atoms with van der Waals surface area (Å²) in [4.78, 5) is 24.3. The Hall–Kier alpha value is -0.940. The van der Waals surface area contributed by atoms with Crippen molar-refractivity contribution in [2.24, 2.45) is 17.3 Å². The average Bonchev–Trinajstić information content (AvgIpc) is 3.14. The van der Waals surface area contributed by atoms with Gasteiger partial charge in [0.1, 0.15) is 0 Å². The van der Waals surface area contributed by atoms with E-state index in [0.717, 1.165) is 38.8 Å². The summed E-state index contributed by atoms with van der Waals surface area (Å²) in [5.74, 6) is -0.270. The molecule has 0 aromatic rings. The lowest BCUT2D eigenvalue weighted by Crippen LogP contribution is -2.39. The highest BCUT2D eigenvalue weighted by atomic mass is 16.5. The van der Waals surface area contributed by atoms with Crippen LogP contribution >= 0.6 is 0 Å². The van der Waals surface area contributed by atoms with Gasteiger partial charge in [0.25, 0.3) is 0 Å². The second-order valence-electron chi connectivity index (χ2n) is 6.11. The van der Waals surface area contributed by atoms with E-state index in [2.05, 4.69) is 10.6 Å². The Labute approximate surface area is 120 Å². The summed E-state index contributed by atoms with van der Waals surface area (Å²) >= 11 is 0. The van der Waals surface area contributed by atoms with E-state index < -0.39 is 0 Å². The molecule has 5 nitrogen and oxygen atoms in total. The maximum Gasteiger partial charge on any atom is 0.230 e. The lowest BCUT2D eigenvalue weighted by molar-refractivity contribution is -0.134. The van der Waals surface area contributed by atoms with Gasteiger partial charge in [-0.15, -0.1) is 0 Å². The van der Waals surface area contributed by atoms with Crippen LogP contribution in [0.3, 0.4) is 0 Å². The highest BCUT2D eigenvalue weighted by Gasteiger charge is 2.57. The number of carbonyl (C=O) groups excluding carboxylic acids is 2. The third kappa shape index (κ3) is 3.38. The molecule has 1 saturated carbocycles. The largest absolute Gasteiger partial charge is 0.385 e. The Morgan fingerprint density at radius 1 is 1.40 bits per heavy atom. The summed E-state index contributed by atoms with van der Waals surface area (Å²) < 4.78 is 5.01. The van der Waals surface area contributed by atoms with Crippen LogP contribution in [0.4, 0.5) is 0 Å². The molecule has 2 atom stereocenters. The molecular formula is C15H26N2O3. The van der Waals surface area contributed by atoms with Crippen molar-refractivity contribution < 1.29 is 14.3 Å². The zero-order valence-corrected chi connectivity index (χ0v) is 12.5. The first-order chi connectivity index (χ1) is 9.63. The van der Waals surface area contributed by atoms with Crippen molar-refractivity contribution >= 4 is 11.8 Å². The Kier molecular flexibility index (Phi) is 5.16. The number of piperidine rings is 1. The molecule has 1 aliphatic heterocycles. The highest BCUT2D eigenvalue weighted by molar-refractivity contribution is 5.98. The SMILES string of the molecule is CCC(CCOC)C(=O)NC(=O)C1CC12CCNCC2. The molecule has 2 N–H and O–H groups in total. The van der Waals surface area contributed by atoms with Crippen LogP contribution in [0, 0.1) is 17.3 Å². The van der Waals surface area contributed by atoms with E-state index in [0.29, 0.717) is 13.0 Å².